The van der Waals surface area contributed by atoms with Gasteiger partial charge in [-0.05, 0) is 24.6 Å². The number of benzene rings is 1. The molecule has 19 heavy (non-hydrogen) atoms. The number of carbonyl (C=O) groups excluding carboxylic acids is 1. The molecule has 0 radical (unpaired) electrons. The maximum Gasteiger partial charge on any atom is 0.255 e. The number of amides is 1. The van der Waals surface area contributed by atoms with Gasteiger partial charge >= 0.3 is 0 Å². The van der Waals surface area contributed by atoms with Crippen molar-refractivity contribution < 1.29 is 4.79 Å². The highest BCUT2D eigenvalue weighted by molar-refractivity contribution is 6.32. The molecule has 3 aromatic rings. The van der Waals surface area contributed by atoms with Gasteiger partial charge in [0.15, 0.2) is 0 Å². The van der Waals surface area contributed by atoms with Crippen LogP contribution in [0.1, 0.15) is 15.9 Å². The number of fused-ring (bicyclic) bond motifs is 1. The number of halogens is 1. The second kappa shape index (κ2) is 4.36. The first-order valence-corrected chi connectivity index (χ1v) is 5.84. The SMILES string of the molecule is Cc1cc(C(=O)Nc2cn[nH]c2Cl)cc2n[nH]nc12. The quantitative estimate of drug-likeness (QED) is 0.665. The summed E-state index contributed by atoms with van der Waals surface area (Å²) in [6, 6.07) is 3.41. The first kappa shape index (κ1) is 11.7. The van der Waals surface area contributed by atoms with Crippen molar-refractivity contribution in [2.75, 3.05) is 5.32 Å². The van der Waals surface area contributed by atoms with Crippen molar-refractivity contribution in [3.05, 3.63) is 34.6 Å². The number of aryl methyl sites for hydroxylation is 1. The number of carbonyl (C=O) groups is 1. The minimum absolute atomic E-state index is 0.281. The van der Waals surface area contributed by atoms with Crippen LogP contribution >= 0.6 is 11.6 Å². The van der Waals surface area contributed by atoms with E-state index in [1.165, 1.54) is 6.20 Å². The predicted molar refractivity (Wildman–Crippen MR) is 70.2 cm³/mol. The summed E-state index contributed by atoms with van der Waals surface area (Å²) in [4.78, 5) is 12.1. The summed E-state index contributed by atoms with van der Waals surface area (Å²) in [6.45, 7) is 1.87. The van der Waals surface area contributed by atoms with Crippen molar-refractivity contribution in [1.82, 2.24) is 25.6 Å². The van der Waals surface area contributed by atoms with Crippen LogP contribution in [0, 0.1) is 6.92 Å². The summed E-state index contributed by atoms with van der Waals surface area (Å²) in [7, 11) is 0. The van der Waals surface area contributed by atoms with Gasteiger partial charge in [-0.2, -0.15) is 20.5 Å². The lowest BCUT2D eigenvalue weighted by Crippen LogP contribution is -2.12. The van der Waals surface area contributed by atoms with Gasteiger partial charge in [-0.1, -0.05) is 11.6 Å². The van der Waals surface area contributed by atoms with E-state index < -0.39 is 0 Å². The van der Waals surface area contributed by atoms with Gasteiger partial charge in [-0.15, -0.1) is 0 Å². The number of nitrogens with one attached hydrogen (secondary N) is 3. The van der Waals surface area contributed by atoms with Crippen LogP contribution < -0.4 is 5.32 Å². The van der Waals surface area contributed by atoms with Gasteiger partial charge in [0, 0.05) is 5.56 Å². The molecule has 1 amide bonds. The molecule has 1 aromatic carbocycles. The fourth-order valence-corrected chi connectivity index (χ4v) is 1.95. The number of nitrogens with zero attached hydrogens (tertiary/aromatic N) is 3. The summed E-state index contributed by atoms with van der Waals surface area (Å²) < 4.78 is 0. The lowest BCUT2D eigenvalue weighted by atomic mass is 10.1. The molecule has 7 nitrogen and oxygen atoms in total. The van der Waals surface area contributed by atoms with E-state index in [9.17, 15) is 4.79 Å². The Kier molecular flexibility index (Phi) is 2.68. The average Bonchev–Trinajstić information content (AvgIpc) is 2.99. The zero-order valence-electron chi connectivity index (χ0n) is 9.86. The summed E-state index contributed by atoms with van der Waals surface area (Å²) >= 11 is 5.82. The second-order valence-electron chi connectivity index (χ2n) is 4.04. The Morgan fingerprint density at radius 1 is 1.37 bits per heavy atom. The minimum atomic E-state index is -0.281. The van der Waals surface area contributed by atoms with E-state index >= 15 is 0 Å². The standard InChI is InChI=1S/C11H9ClN6O/c1-5-2-6(3-7-9(5)16-18-15-7)11(19)14-8-4-13-17-10(8)12/h2-4H,1H3,(H,13,17)(H,14,19)(H,15,16,18). The molecule has 8 heteroatoms. The number of hydrogen-bond donors (Lipinski definition) is 3. The van der Waals surface area contributed by atoms with Gasteiger partial charge < -0.3 is 5.32 Å². The molecule has 0 atom stereocenters. The number of hydrogen-bond acceptors (Lipinski definition) is 4. The van der Waals surface area contributed by atoms with Gasteiger partial charge in [0.1, 0.15) is 16.2 Å². The largest absolute Gasteiger partial charge is 0.318 e. The maximum atomic E-state index is 12.1. The Bertz CT molecular complexity index is 761. The Hall–Kier alpha value is -2.41. The molecule has 0 unspecified atom stereocenters. The number of anilines is 1. The molecular formula is C11H9ClN6O. The van der Waals surface area contributed by atoms with E-state index in [0.29, 0.717) is 16.8 Å². The van der Waals surface area contributed by atoms with Crippen LogP contribution in [-0.2, 0) is 0 Å². The van der Waals surface area contributed by atoms with Crippen molar-refractivity contribution in [2.24, 2.45) is 0 Å². The lowest BCUT2D eigenvalue weighted by molar-refractivity contribution is 0.102. The molecule has 96 valence electrons. The van der Waals surface area contributed by atoms with Crippen molar-refractivity contribution in [3.8, 4) is 0 Å². The number of aromatic amines is 2. The Morgan fingerprint density at radius 2 is 2.21 bits per heavy atom. The molecule has 0 saturated carbocycles. The Labute approximate surface area is 112 Å². The summed E-state index contributed by atoms with van der Waals surface area (Å²) in [5.41, 5.74) is 3.18. The van der Waals surface area contributed by atoms with Gasteiger partial charge in [0.2, 0.25) is 0 Å². The van der Waals surface area contributed by atoms with E-state index in [-0.39, 0.29) is 11.1 Å². The van der Waals surface area contributed by atoms with Gasteiger partial charge in [-0.3, -0.25) is 9.89 Å². The summed E-state index contributed by atoms with van der Waals surface area (Å²) in [5, 5.41) is 19.7. The van der Waals surface area contributed by atoms with Crippen LogP contribution in [0.15, 0.2) is 18.3 Å². The van der Waals surface area contributed by atoms with E-state index in [1.807, 2.05) is 6.92 Å². The molecule has 0 bridgehead atoms. The molecular weight excluding hydrogens is 268 g/mol. The van der Waals surface area contributed by atoms with Crippen LogP contribution in [0.4, 0.5) is 5.69 Å². The first-order valence-electron chi connectivity index (χ1n) is 5.46. The van der Waals surface area contributed by atoms with E-state index in [1.54, 1.807) is 12.1 Å². The average molecular weight is 277 g/mol. The zero-order valence-corrected chi connectivity index (χ0v) is 10.6. The Balaban J connectivity index is 1.95. The zero-order chi connectivity index (χ0) is 13.4. The fourth-order valence-electron chi connectivity index (χ4n) is 1.80. The predicted octanol–water partition coefficient (Wildman–Crippen LogP) is 1.90. The molecule has 0 aliphatic carbocycles. The second-order valence-corrected chi connectivity index (χ2v) is 4.41. The summed E-state index contributed by atoms with van der Waals surface area (Å²) in [5.74, 6) is -0.281. The number of aromatic nitrogens is 5. The first-order chi connectivity index (χ1) is 9.15. The molecule has 0 aliphatic heterocycles. The highest BCUT2D eigenvalue weighted by atomic mass is 35.5. The molecule has 2 aromatic heterocycles. The van der Waals surface area contributed by atoms with Crippen molar-refractivity contribution >= 4 is 34.2 Å². The lowest BCUT2D eigenvalue weighted by Gasteiger charge is -2.04. The topological polar surface area (TPSA) is 99.4 Å². The molecule has 0 saturated heterocycles. The van der Waals surface area contributed by atoms with Crippen LogP contribution in [0.5, 0.6) is 0 Å². The van der Waals surface area contributed by atoms with Gasteiger partial charge in [0.05, 0.1) is 11.9 Å². The number of H-pyrrole nitrogens is 2. The molecule has 0 aliphatic rings. The highest BCUT2D eigenvalue weighted by Crippen LogP contribution is 2.20. The van der Waals surface area contributed by atoms with Crippen molar-refractivity contribution in [1.29, 1.82) is 0 Å². The number of rotatable bonds is 2. The van der Waals surface area contributed by atoms with E-state index in [2.05, 4.69) is 30.9 Å². The smallest absolute Gasteiger partial charge is 0.255 e. The molecule has 0 spiro atoms. The molecule has 2 heterocycles. The monoisotopic (exact) mass is 276 g/mol. The molecule has 3 N–H and O–H groups in total. The van der Waals surface area contributed by atoms with Crippen LogP contribution in [-0.4, -0.2) is 31.5 Å². The normalized spacial score (nSPS) is 10.8. The van der Waals surface area contributed by atoms with Crippen LogP contribution in [0.2, 0.25) is 5.15 Å². The highest BCUT2D eigenvalue weighted by Gasteiger charge is 2.13. The van der Waals surface area contributed by atoms with Crippen LogP contribution in [0.3, 0.4) is 0 Å². The molecule has 3 rings (SSSR count). The van der Waals surface area contributed by atoms with Crippen LogP contribution in [0.25, 0.3) is 11.0 Å². The maximum absolute atomic E-state index is 12.1. The third kappa shape index (κ3) is 2.04. The third-order valence-electron chi connectivity index (χ3n) is 2.72. The fraction of sp³-hybridized carbons (Fsp3) is 0.0909. The van der Waals surface area contributed by atoms with Crippen molar-refractivity contribution in [3.63, 3.8) is 0 Å². The third-order valence-corrected chi connectivity index (χ3v) is 3.00. The van der Waals surface area contributed by atoms with Gasteiger partial charge in [0.25, 0.3) is 5.91 Å². The summed E-state index contributed by atoms with van der Waals surface area (Å²) in [6.07, 6.45) is 1.45. The minimum Gasteiger partial charge on any atom is -0.318 e. The molecule has 0 fully saturated rings. The van der Waals surface area contributed by atoms with E-state index in [4.69, 9.17) is 11.6 Å². The van der Waals surface area contributed by atoms with Crippen molar-refractivity contribution in [2.45, 2.75) is 6.92 Å². The van der Waals surface area contributed by atoms with Gasteiger partial charge in [-0.25, -0.2) is 0 Å². The Morgan fingerprint density at radius 3 is 2.95 bits per heavy atom. The van der Waals surface area contributed by atoms with E-state index in [0.717, 1.165) is 11.1 Å².